The van der Waals surface area contributed by atoms with E-state index in [1.807, 2.05) is 41.5 Å². The Morgan fingerprint density at radius 1 is 1.13 bits per heavy atom. The SMILES string of the molecule is CC(C)Cn1c(CN(CCN2CCOCC2)C(=S)Nc2ccc(F)cc2)cnc1S(=O)(=O)Cc1ccccc1. The Labute approximate surface area is 235 Å². The molecule has 0 radical (unpaired) electrons. The summed E-state index contributed by atoms with van der Waals surface area (Å²) in [5.74, 6) is -0.236. The first-order valence-electron chi connectivity index (χ1n) is 13.1. The fraction of sp³-hybridized carbons (Fsp3) is 0.429. The summed E-state index contributed by atoms with van der Waals surface area (Å²) >= 11 is 5.78. The van der Waals surface area contributed by atoms with Crippen molar-refractivity contribution < 1.29 is 17.5 Å². The Morgan fingerprint density at radius 3 is 2.49 bits per heavy atom. The predicted octanol–water partition coefficient (Wildman–Crippen LogP) is 4.18. The first kappa shape index (κ1) is 29.1. The summed E-state index contributed by atoms with van der Waals surface area (Å²) < 4.78 is 47.6. The van der Waals surface area contributed by atoms with Crippen LogP contribution in [0.4, 0.5) is 10.1 Å². The van der Waals surface area contributed by atoms with Crippen molar-refractivity contribution in [2.75, 3.05) is 44.7 Å². The molecule has 2 aromatic carbocycles. The lowest BCUT2D eigenvalue weighted by Crippen LogP contribution is -2.44. The van der Waals surface area contributed by atoms with Crippen LogP contribution in [-0.4, -0.2) is 72.3 Å². The topological polar surface area (TPSA) is 79.7 Å². The van der Waals surface area contributed by atoms with Crippen LogP contribution in [0.25, 0.3) is 0 Å². The van der Waals surface area contributed by atoms with E-state index in [0.717, 1.165) is 30.9 Å². The first-order chi connectivity index (χ1) is 18.7. The molecule has 3 aromatic rings. The largest absolute Gasteiger partial charge is 0.379 e. The van der Waals surface area contributed by atoms with E-state index in [1.165, 1.54) is 12.1 Å². The maximum absolute atomic E-state index is 13.5. The van der Waals surface area contributed by atoms with Crippen molar-refractivity contribution in [1.29, 1.82) is 0 Å². The number of morpholine rings is 1. The van der Waals surface area contributed by atoms with Gasteiger partial charge in [0.15, 0.2) is 5.11 Å². The number of imidazole rings is 1. The molecule has 1 saturated heterocycles. The summed E-state index contributed by atoms with van der Waals surface area (Å²) in [5, 5.41) is 3.75. The third-order valence-electron chi connectivity index (χ3n) is 6.45. The van der Waals surface area contributed by atoms with Gasteiger partial charge in [0.2, 0.25) is 15.0 Å². The van der Waals surface area contributed by atoms with Crippen molar-refractivity contribution in [2.45, 2.75) is 37.8 Å². The van der Waals surface area contributed by atoms with Gasteiger partial charge in [-0.1, -0.05) is 44.2 Å². The van der Waals surface area contributed by atoms with Crippen LogP contribution < -0.4 is 5.32 Å². The van der Waals surface area contributed by atoms with Crippen molar-refractivity contribution in [3.63, 3.8) is 0 Å². The minimum atomic E-state index is -3.68. The van der Waals surface area contributed by atoms with Gasteiger partial charge in [-0.25, -0.2) is 17.8 Å². The monoisotopic (exact) mass is 573 g/mol. The number of sulfone groups is 1. The molecule has 0 saturated carbocycles. The Balaban J connectivity index is 1.59. The molecule has 210 valence electrons. The zero-order chi connectivity index (χ0) is 27.8. The molecule has 1 aliphatic heterocycles. The Bertz CT molecular complexity index is 1320. The molecule has 1 aromatic heterocycles. The second kappa shape index (κ2) is 13.5. The van der Waals surface area contributed by atoms with Gasteiger partial charge in [0.1, 0.15) is 5.82 Å². The van der Waals surface area contributed by atoms with Gasteiger partial charge >= 0.3 is 0 Å². The van der Waals surface area contributed by atoms with E-state index in [0.29, 0.717) is 43.6 Å². The van der Waals surface area contributed by atoms with Crippen molar-refractivity contribution in [1.82, 2.24) is 19.4 Å². The maximum atomic E-state index is 13.5. The highest BCUT2D eigenvalue weighted by Gasteiger charge is 2.26. The maximum Gasteiger partial charge on any atom is 0.228 e. The summed E-state index contributed by atoms with van der Waals surface area (Å²) in [6, 6.07) is 15.2. The third kappa shape index (κ3) is 8.31. The van der Waals surface area contributed by atoms with Crippen LogP contribution in [-0.2, 0) is 33.4 Å². The number of ether oxygens (including phenoxy) is 1. The van der Waals surface area contributed by atoms with E-state index in [2.05, 4.69) is 15.2 Å². The highest BCUT2D eigenvalue weighted by Crippen LogP contribution is 2.21. The number of nitrogens with zero attached hydrogens (tertiary/aromatic N) is 4. The van der Waals surface area contributed by atoms with Crippen LogP contribution >= 0.6 is 12.2 Å². The van der Waals surface area contributed by atoms with E-state index in [1.54, 1.807) is 30.5 Å². The van der Waals surface area contributed by atoms with Gasteiger partial charge in [-0.05, 0) is 48.0 Å². The van der Waals surface area contributed by atoms with Crippen molar-refractivity contribution >= 4 is 32.9 Å². The van der Waals surface area contributed by atoms with E-state index in [9.17, 15) is 12.8 Å². The molecule has 11 heteroatoms. The zero-order valence-electron chi connectivity index (χ0n) is 22.4. The number of benzene rings is 2. The van der Waals surface area contributed by atoms with Crippen molar-refractivity contribution in [2.24, 2.45) is 5.92 Å². The van der Waals surface area contributed by atoms with Gasteiger partial charge < -0.3 is 19.5 Å². The molecule has 1 fully saturated rings. The number of thiocarbonyl (C=S) groups is 1. The molecule has 0 aliphatic carbocycles. The Morgan fingerprint density at radius 2 is 1.82 bits per heavy atom. The van der Waals surface area contributed by atoms with Gasteiger partial charge in [-0.2, -0.15) is 0 Å². The molecule has 1 aliphatic rings. The number of hydrogen-bond donors (Lipinski definition) is 1. The fourth-order valence-corrected chi connectivity index (χ4v) is 6.23. The summed E-state index contributed by atoms with van der Waals surface area (Å²) in [5.41, 5.74) is 2.16. The number of hydrogen-bond acceptors (Lipinski definition) is 6. The standard InChI is InChI=1S/C28H36FN5O3S2/c1-22(2)19-34-26(18-30-28(34)39(35,36)21-23-6-4-3-5-7-23)20-33(13-12-32-14-16-37-17-15-32)27(38)31-25-10-8-24(29)9-11-25/h3-11,18,22H,12-17,19-21H2,1-2H3,(H,31,38). The summed E-state index contributed by atoms with van der Waals surface area (Å²) in [4.78, 5) is 8.74. The molecule has 0 bridgehead atoms. The number of rotatable bonds is 11. The molecular formula is C28H36FN5O3S2. The van der Waals surface area contributed by atoms with E-state index in [4.69, 9.17) is 17.0 Å². The second-order valence-electron chi connectivity index (χ2n) is 10.1. The van der Waals surface area contributed by atoms with Crippen molar-refractivity contribution in [3.05, 3.63) is 77.9 Å². The first-order valence-corrected chi connectivity index (χ1v) is 15.2. The van der Waals surface area contributed by atoms with E-state index < -0.39 is 9.84 Å². The minimum Gasteiger partial charge on any atom is -0.379 e. The van der Waals surface area contributed by atoms with Crippen LogP contribution in [0.1, 0.15) is 25.1 Å². The molecule has 0 amide bonds. The highest BCUT2D eigenvalue weighted by atomic mass is 32.2. The van der Waals surface area contributed by atoms with Gasteiger partial charge in [0, 0.05) is 38.4 Å². The average Bonchev–Trinajstić information content (AvgIpc) is 3.31. The number of anilines is 1. The summed E-state index contributed by atoms with van der Waals surface area (Å²) in [6.45, 7) is 9.45. The number of aromatic nitrogens is 2. The van der Waals surface area contributed by atoms with Gasteiger partial charge in [0.25, 0.3) is 0 Å². The Hall–Kier alpha value is -2.86. The van der Waals surface area contributed by atoms with Crippen LogP contribution in [0.15, 0.2) is 66.0 Å². The third-order valence-corrected chi connectivity index (χ3v) is 8.41. The molecule has 39 heavy (non-hydrogen) atoms. The van der Waals surface area contributed by atoms with E-state index in [-0.39, 0.29) is 22.6 Å². The number of halogens is 1. The minimum absolute atomic E-state index is 0.0700. The molecule has 0 spiro atoms. The lowest BCUT2D eigenvalue weighted by Gasteiger charge is -2.31. The summed E-state index contributed by atoms with van der Waals surface area (Å²) in [7, 11) is -3.68. The van der Waals surface area contributed by atoms with Gasteiger partial charge in [-0.15, -0.1) is 0 Å². The van der Waals surface area contributed by atoms with Crippen LogP contribution in [0, 0.1) is 11.7 Å². The van der Waals surface area contributed by atoms with Crippen LogP contribution in [0.5, 0.6) is 0 Å². The second-order valence-corrected chi connectivity index (χ2v) is 12.4. The van der Waals surface area contributed by atoms with Gasteiger partial charge in [0.05, 0.1) is 37.4 Å². The fourth-order valence-electron chi connectivity index (χ4n) is 4.46. The highest BCUT2D eigenvalue weighted by molar-refractivity contribution is 7.90. The molecule has 8 nitrogen and oxygen atoms in total. The quantitative estimate of drug-likeness (QED) is 0.342. The Kier molecular flexibility index (Phi) is 10.1. The molecular weight excluding hydrogens is 537 g/mol. The normalized spacial score (nSPS) is 14.5. The molecule has 1 N–H and O–H groups in total. The average molecular weight is 574 g/mol. The van der Waals surface area contributed by atoms with Crippen LogP contribution in [0.3, 0.4) is 0 Å². The van der Waals surface area contributed by atoms with Crippen molar-refractivity contribution in [3.8, 4) is 0 Å². The zero-order valence-corrected chi connectivity index (χ0v) is 24.1. The molecule has 0 atom stereocenters. The van der Waals surface area contributed by atoms with E-state index >= 15 is 0 Å². The molecule has 2 heterocycles. The van der Waals surface area contributed by atoms with Gasteiger partial charge in [-0.3, -0.25) is 4.90 Å². The number of nitrogens with one attached hydrogen (secondary N) is 1. The molecule has 0 unspecified atom stereocenters. The lowest BCUT2D eigenvalue weighted by molar-refractivity contribution is 0.0357. The predicted molar refractivity (Wildman–Crippen MR) is 155 cm³/mol. The summed E-state index contributed by atoms with van der Waals surface area (Å²) in [6.07, 6.45) is 1.64. The smallest absolute Gasteiger partial charge is 0.228 e. The van der Waals surface area contributed by atoms with Crippen LogP contribution in [0.2, 0.25) is 0 Å². The molecule has 4 rings (SSSR count). The lowest BCUT2D eigenvalue weighted by atomic mass is 10.2.